The molecular weight excluding hydrogens is 413 g/mol. The monoisotopic (exact) mass is 431 g/mol. The fraction of sp³-hybridized carbons (Fsp3) is 0.500. The largest absolute Gasteiger partial charge is 0.416 e. The van der Waals surface area contributed by atoms with E-state index < -0.39 is 17.6 Å². The molecule has 0 spiro atoms. The van der Waals surface area contributed by atoms with Gasteiger partial charge in [0.15, 0.2) is 5.96 Å². The molecule has 0 saturated heterocycles. The topological polar surface area (TPSA) is 36.4 Å². The van der Waals surface area contributed by atoms with Crippen molar-refractivity contribution in [2.75, 3.05) is 7.05 Å². The van der Waals surface area contributed by atoms with Crippen LogP contribution in [0, 0.1) is 11.7 Å². The summed E-state index contributed by atoms with van der Waals surface area (Å²) in [5.41, 5.74) is -0.985. The Kier molecular flexibility index (Phi) is 6.45. The fourth-order valence-electron chi connectivity index (χ4n) is 2.04. The summed E-state index contributed by atoms with van der Waals surface area (Å²) in [6.45, 7) is 2.00. The number of guanidine groups is 1. The van der Waals surface area contributed by atoms with E-state index >= 15 is 0 Å². The first-order chi connectivity index (χ1) is 9.81. The number of rotatable bonds is 3. The number of hydrogen-bond acceptors (Lipinski definition) is 1. The zero-order valence-corrected chi connectivity index (χ0v) is 14.5. The second kappa shape index (κ2) is 7.47. The number of hydrogen-bond donors (Lipinski definition) is 2. The number of benzene rings is 1. The van der Waals surface area contributed by atoms with Gasteiger partial charge in [0, 0.05) is 19.6 Å². The summed E-state index contributed by atoms with van der Waals surface area (Å²) >= 11 is 0. The van der Waals surface area contributed by atoms with E-state index in [1.165, 1.54) is 0 Å². The molecule has 22 heavy (non-hydrogen) atoms. The van der Waals surface area contributed by atoms with E-state index in [1.807, 2.05) is 0 Å². The van der Waals surface area contributed by atoms with E-state index in [0.717, 1.165) is 18.6 Å². The molecule has 1 aliphatic carbocycles. The predicted molar refractivity (Wildman–Crippen MR) is 87.7 cm³/mol. The van der Waals surface area contributed by atoms with Crippen molar-refractivity contribution >= 4 is 29.9 Å². The van der Waals surface area contributed by atoms with Crippen molar-refractivity contribution in [1.29, 1.82) is 0 Å². The van der Waals surface area contributed by atoms with E-state index in [1.54, 1.807) is 7.05 Å². The molecule has 2 rings (SSSR count). The van der Waals surface area contributed by atoms with Crippen LogP contribution in [0.2, 0.25) is 0 Å². The molecule has 1 aromatic rings. The molecule has 1 fully saturated rings. The van der Waals surface area contributed by atoms with Gasteiger partial charge >= 0.3 is 6.18 Å². The third-order valence-corrected chi connectivity index (χ3v) is 3.48. The van der Waals surface area contributed by atoms with Crippen LogP contribution < -0.4 is 10.6 Å². The Labute approximate surface area is 143 Å². The van der Waals surface area contributed by atoms with E-state index in [-0.39, 0.29) is 36.1 Å². The van der Waals surface area contributed by atoms with Gasteiger partial charge in [-0.2, -0.15) is 13.2 Å². The molecule has 0 aromatic heterocycles. The Morgan fingerprint density at radius 3 is 2.50 bits per heavy atom. The van der Waals surface area contributed by atoms with Crippen molar-refractivity contribution in [3.8, 4) is 0 Å². The van der Waals surface area contributed by atoms with Gasteiger partial charge in [-0.05, 0) is 30.0 Å². The zero-order valence-electron chi connectivity index (χ0n) is 12.2. The molecule has 1 aliphatic rings. The molecule has 0 radical (unpaired) electrons. The molecular formula is C14H18F4IN3. The van der Waals surface area contributed by atoms with Crippen LogP contribution in [-0.2, 0) is 12.7 Å². The van der Waals surface area contributed by atoms with Crippen LogP contribution in [0.4, 0.5) is 17.6 Å². The molecule has 0 aliphatic heterocycles. The minimum absolute atomic E-state index is 0. The highest BCUT2D eigenvalue weighted by Gasteiger charge is 2.34. The fourth-order valence-corrected chi connectivity index (χ4v) is 2.04. The van der Waals surface area contributed by atoms with Crippen LogP contribution in [0.15, 0.2) is 23.2 Å². The molecule has 0 bridgehead atoms. The van der Waals surface area contributed by atoms with Crippen LogP contribution >= 0.6 is 24.0 Å². The first-order valence-electron chi connectivity index (χ1n) is 6.64. The van der Waals surface area contributed by atoms with Gasteiger partial charge in [-0.1, -0.05) is 13.0 Å². The number of nitrogens with zero attached hydrogens (tertiary/aromatic N) is 1. The Balaban J connectivity index is 0.00000242. The van der Waals surface area contributed by atoms with Crippen molar-refractivity contribution in [3.63, 3.8) is 0 Å². The minimum Gasteiger partial charge on any atom is -0.353 e. The van der Waals surface area contributed by atoms with Crippen LogP contribution in [-0.4, -0.2) is 19.0 Å². The third kappa shape index (κ3) is 4.99. The summed E-state index contributed by atoms with van der Waals surface area (Å²) < 4.78 is 51.6. The van der Waals surface area contributed by atoms with Crippen LogP contribution in [0.5, 0.6) is 0 Å². The van der Waals surface area contributed by atoms with Crippen LogP contribution in [0.1, 0.15) is 24.5 Å². The lowest BCUT2D eigenvalue weighted by atomic mass is 10.1. The second-order valence-corrected chi connectivity index (χ2v) is 5.19. The highest BCUT2D eigenvalue weighted by Crippen LogP contribution is 2.32. The Morgan fingerprint density at radius 1 is 1.36 bits per heavy atom. The Bertz CT molecular complexity index is 545. The van der Waals surface area contributed by atoms with Gasteiger partial charge in [-0.15, -0.1) is 24.0 Å². The van der Waals surface area contributed by atoms with Crippen molar-refractivity contribution in [2.45, 2.75) is 32.1 Å². The van der Waals surface area contributed by atoms with E-state index in [0.29, 0.717) is 24.0 Å². The maximum absolute atomic E-state index is 13.0. The van der Waals surface area contributed by atoms with Gasteiger partial charge < -0.3 is 10.6 Å². The number of aliphatic imine (C=N–C) groups is 1. The van der Waals surface area contributed by atoms with Gasteiger partial charge in [0.1, 0.15) is 5.82 Å². The van der Waals surface area contributed by atoms with E-state index in [9.17, 15) is 17.6 Å². The van der Waals surface area contributed by atoms with Crippen LogP contribution in [0.25, 0.3) is 0 Å². The summed E-state index contributed by atoms with van der Waals surface area (Å²) in [6, 6.07) is 2.98. The molecule has 124 valence electrons. The molecule has 1 saturated carbocycles. The van der Waals surface area contributed by atoms with Gasteiger partial charge in [-0.3, -0.25) is 4.99 Å². The van der Waals surface area contributed by atoms with Gasteiger partial charge in [0.05, 0.1) is 5.56 Å². The number of nitrogens with one attached hydrogen (secondary N) is 2. The van der Waals surface area contributed by atoms with E-state index in [2.05, 4.69) is 22.5 Å². The molecule has 8 heteroatoms. The second-order valence-electron chi connectivity index (χ2n) is 5.19. The number of halogens is 5. The molecule has 3 nitrogen and oxygen atoms in total. The standard InChI is InChI=1S/C14H17F4N3.HI/c1-8-5-12(8)21-13(19-2)20-7-9-3-4-10(15)6-11(9)14(16,17)18;/h3-4,6,8,12H,5,7H2,1-2H3,(H2,19,20,21);1H. The highest BCUT2D eigenvalue weighted by molar-refractivity contribution is 14.0. The summed E-state index contributed by atoms with van der Waals surface area (Å²) in [6.07, 6.45) is -3.56. The first-order valence-corrected chi connectivity index (χ1v) is 6.64. The number of alkyl halides is 3. The summed E-state index contributed by atoms with van der Waals surface area (Å²) in [4.78, 5) is 3.97. The summed E-state index contributed by atoms with van der Waals surface area (Å²) in [7, 11) is 1.55. The molecule has 0 amide bonds. The van der Waals surface area contributed by atoms with Crippen LogP contribution in [0.3, 0.4) is 0 Å². The van der Waals surface area contributed by atoms with E-state index in [4.69, 9.17) is 0 Å². The summed E-state index contributed by atoms with van der Waals surface area (Å²) in [5, 5.41) is 5.94. The van der Waals surface area contributed by atoms with Crippen molar-refractivity contribution in [3.05, 3.63) is 35.1 Å². The molecule has 0 heterocycles. The Hall–Kier alpha value is -1.06. The molecule has 1 aromatic carbocycles. The predicted octanol–water partition coefficient (Wildman–Crippen LogP) is 3.54. The lowest BCUT2D eigenvalue weighted by molar-refractivity contribution is -0.138. The molecule has 2 atom stereocenters. The van der Waals surface area contributed by atoms with Crippen molar-refractivity contribution < 1.29 is 17.6 Å². The Morgan fingerprint density at radius 2 is 2.00 bits per heavy atom. The normalized spacial score (nSPS) is 21.1. The van der Waals surface area contributed by atoms with Crippen molar-refractivity contribution in [1.82, 2.24) is 10.6 Å². The highest BCUT2D eigenvalue weighted by atomic mass is 127. The third-order valence-electron chi connectivity index (χ3n) is 3.48. The smallest absolute Gasteiger partial charge is 0.353 e. The zero-order chi connectivity index (χ0) is 15.6. The maximum atomic E-state index is 13.0. The quantitative estimate of drug-likeness (QED) is 0.333. The average Bonchev–Trinajstić information content (AvgIpc) is 3.10. The molecule has 2 unspecified atom stereocenters. The first kappa shape index (κ1) is 19.0. The molecule has 2 N–H and O–H groups in total. The van der Waals surface area contributed by atoms with Gasteiger partial charge in [0.2, 0.25) is 0 Å². The maximum Gasteiger partial charge on any atom is 0.416 e. The average molecular weight is 431 g/mol. The lowest BCUT2D eigenvalue weighted by Crippen LogP contribution is -2.38. The van der Waals surface area contributed by atoms with Gasteiger partial charge in [-0.25, -0.2) is 4.39 Å². The summed E-state index contributed by atoms with van der Waals surface area (Å²) in [5.74, 6) is 0.0855. The lowest BCUT2D eigenvalue weighted by Gasteiger charge is -2.15. The van der Waals surface area contributed by atoms with Crippen molar-refractivity contribution in [2.24, 2.45) is 10.9 Å². The SMILES string of the molecule is CN=C(NCc1ccc(F)cc1C(F)(F)F)NC1CC1C.I. The van der Waals surface area contributed by atoms with Gasteiger partial charge in [0.25, 0.3) is 0 Å². The minimum atomic E-state index is -4.58.